The zero-order valence-corrected chi connectivity index (χ0v) is 15.4. The van der Waals surface area contributed by atoms with Gasteiger partial charge in [0.15, 0.2) is 0 Å². The molecule has 26 heavy (non-hydrogen) atoms. The number of aryl methyl sites for hydroxylation is 4. The van der Waals surface area contributed by atoms with Gasteiger partial charge in [-0.05, 0) is 44.5 Å². The second kappa shape index (κ2) is 6.11. The monoisotopic (exact) mass is 347 g/mol. The summed E-state index contributed by atoms with van der Waals surface area (Å²) in [6.07, 6.45) is 0. The van der Waals surface area contributed by atoms with Gasteiger partial charge < -0.3 is 14.2 Å². The zero-order chi connectivity index (χ0) is 18.4. The van der Waals surface area contributed by atoms with Gasteiger partial charge in [0.2, 0.25) is 0 Å². The summed E-state index contributed by atoms with van der Waals surface area (Å²) in [5.74, 6) is 0.760. The number of nitrogens with zero attached hydrogens (tertiary/aromatic N) is 3. The Morgan fingerprint density at radius 2 is 1.92 bits per heavy atom. The number of benzene rings is 1. The van der Waals surface area contributed by atoms with E-state index in [1.165, 1.54) is 0 Å². The minimum absolute atomic E-state index is 0.00829. The molecule has 0 fully saturated rings. The fourth-order valence-corrected chi connectivity index (χ4v) is 3.47. The SMILES string of the molecule is Cc1noc(C)c1-c1cc2c(cc(C)n2C)c(-c2cccc(CO)c2)n1. The third-order valence-electron chi connectivity index (χ3n) is 4.95. The Labute approximate surface area is 151 Å². The molecule has 132 valence electrons. The van der Waals surface area contributed by atoms with E-state index in [1.807, 2.05) is 38.1 Å². The third kappa shape index (κ3) is 2.52. The largest absolute Gasteiger partial charge is 0.392 e. The van der Waals surface area contributed by atoms with Crippen LogP contribution in [0.2, 0.25) is 0 Å². The Kier molecular flexibility index (Phi) is 3.89. The number of fused-ring (bicyclic) bond motifs is 1. The molecular formula is C21H21N3O2. The number of hydrogen-bond donors (Lipinski definition) is 1. The molecule has 5 heteroatoms. The second-order valence-electron chi connectivity index (χ2n) is 6.69. The van der Waals surface area contributed by atoms with Crippen molar-refractivity contribution in [1.82, 2.24) is 14.7 Å². The molecule has 0 saturated heterocycles. The molecule has 3 heterocycles. The maximum absolute atomic E-state index is 9.50. The third-order valence-corrected chi connectivity index (χ3v) is 4.95. The van der Waals surface area contributed by atoms with Crippen molar-refractivity contribution in [2.45, 2.75) is 27.4 Å². The van der Waals surface area contributed by atoms with Gasteiger partial charge in [0.1, 0.15) is 5.76 Å². The van der Waals surface area contributed by atoms with Crippen molar-refractivity contribution >= 4 is 10.9 Å². The van der Waals surface area contributed by atoms with Crippen LogP contribution in [0.4, 0.5) is 0 Å². The maximum atomic E-state index is 9.50. The van der Waals surface area contributed by atoms with Gasteiger partial charge in [0.25, 0.3) is 0 Å². The molecule has 1 N–H and O–H groups in total. The van der Waals surface area contributed by atoms with E-state index in [4.69, 9.17) is 9.51 Å². The molecule has 0 unspecified atom stereocenters. The van der Waals surface area contributed by atoms with Gasteiger partial charge in [-0.3, -0.25) is 0 Å². The molecule has 0 aliphatic carbocycles. The fraction of sp³-hybridized carbons (Fsp3) is 0.238. The highest BCUT2D eigenvalue weighted by molar-refractivity contribution is 5.96. The van der Waals surface area contributed by atoms with Crippen molar-refractivity contribution in [2.24, 2.45) is 7.05 Å². The van der Waals surface area contributed by atoms with Gasteiger partial charge in [-0.1, -0.05) is 23.4 Å². The van der Waals surface area contributed by atoms with Crippen LogP contribution in [-0.2, 0) is 13.7 Å². The summed E-state index contributed by atoms with van der Waals surface area (Å²) in [4.78, 5) is 4.97. The number of aromatic nitrogens is 3. The summed E-state index contributed by atoms with van der Waals surface area (Å²) in [5.41, 5.74) is 7.64. The first kappa shape index (κ1) is 16.5. The standard InChI is InChI=1S/C21H21N3O2/c1-12-8-17-19(24(12)4)10-18(20-13(2)23-26-14(20)3)22-21(17)16-7-5-6-15(9-16)11-25/h5-10,25H,11H2,1-4H3. The fourth-order valence-electron chi connectivity index (χ4n) is 3.47. The molecule has 0 spiro atoms. The summed E-state index contributed by atoms with van der Waals surface area (Å²) < 4.78 is 7.51. The Morgan fingerprint density at radius 3 is 2.62 bits per heavy atom. The Balaban J connectivity index is 2.06. The summed E-state index contributed by atoms with van der Waals surface area (Å²) in [5, 5.41) is 14.7. The van der Waals surface area contributed by atoms with Crippen LogP contribution in [0.3, 0.4) is 0 Å². The molecule has 0 radical (unpaired) electrons. The van der Waals surface area contributed by atoms with Gasteiger partial charge in [-0.25, -0.2) is 4.98 Å². The molecule has 1 aromatic carbocycles. The van der Waals surface area contributed by atoms with Gasteiger partial charge in [-0.15, -0.1) is 0 Å². The average molecular weight is 347 g/mol. The minimum Gasteiger partial charge on any atom is -0.392 e. The number of aliphatic hydroxyl groups is 1. The van der Waals surface area contributed by atoms with Crippen molar-refractivity contribution in [3.8, 4) is 22.5 Å². The predicted molar refractivity (Wildman–Crippen MR) is 102 cm³/mol. The Bertz CT molecular complexity index is 1100. The van der Waals surface area contributed by atoms with E-state index < -0.39 is 0 Å². The lowest BCUT2D eigenvalue weighted by molar-refractivity contribution is 0.282. The van der Waals surface area contributed by atoms with Gasteiger partial charge >= 0.3 is 0 Å². The summed E-state index contributed by atoms with van der Waals surface area (Å²) in [6.45, 7) is 5.93. The van der Waals surface area contributed by atoms with Crippen LogP contribution < -0.4 is 0 Å². The van der Waals surface area contributed by atoms with Crippen molar-refractivity contribution < 1.29 is 9.63 Å². The first-order chi connectivity index (χ1) is 12.5. The number of aliphatic hydroxyl groups excluding tert-OH is 1. The van der Waals surface area contributed by atoms with Crippen LogP contribution in [0.5, 0.6) is 0 Å². The maximum Gasteiger partial charge on any atom is 0.143 e. The van der Waals surface area contributed by atoms with E-state index in [0.29, 0.717) is 0 Å². The lowest BCUT2D eigenvalue weighted by atomic mass is 10.0. The van der Waals surface area contributed by atoms with Crippen LogP contribution in [0, 0.1) is 20.8 Å². The first-order valence-corrected chi connectivity index (χ1v) is 8.60. The Morgan fingerprint density at radius 1 is 1.12 bits per heavy atom. The van der Waals surface area contributed by atoms with E-state index in [9.17, 15) is 5.11 Å². The average Bonchev–Trinajstić information content (AvgIpc) is 3.13. The molecule has 0 atom stereocenters. The number of hydrogen-bond acceptors (Lipinski definition) is 4. The molecule has 3 aromatic heterocycles. The molecule has 0 saturated carbocycles. The first-order valence-electron chi connectivity index (χ1n) is 8.60. The highest BCUT2D eigenvalue weighted by Crippen LogP contribution is 2.35. The van der Waals surface area contributed by atoms with E-state index in [2.05, 4.69) is 35.8 Å². The highest BCUT2D eigenvalue weighted by Gasteiger charge is 2.18. The smallest absolute Gasteiger partial charge is 0.143 e. The summed E-state index contributed by atoms with van der Waals surface area (Å²) in [6, 6.07) is 12.1. The van der Waals surface area contributed by atoms with Crippen molar-refractivity contribution in [3.63, 3.8) is 0 Å². The predicted octanol–water partition coefficient (Wildman–Crippen LogP) is 4.31. The number of pyridine rings is 1. The van der Waals surface area contributed by atoms with Crippen LogP contribution in [-0.4, -0.2) is 19.8 Å². The molecule has 0 amide bonds. The van der Waals surface area contributed by atoms with E-state index >= 15 is 0 Å². The minimum atomic E-state index is 0.00829. The van der Waals surface area contributed by atoms with Gasteiger partial charge in [-0.2, -0.15) is 0 Å². The zero-order valence-electron chi connectivity index (χ0n) is 15.4. The van der Waals surface area contributed by atoms with Crippen molar-refractivity contribution in [3.05, 3.63) is 59.1 Å². The van der Waals surface area contributed by atoms with Crippen LogP contribution in [0.15, 0.2) is 40.9 Å². The van der Waals surface area contributed by atoms with Crippen molar-refractivity contribution in [1.29, 1.82) is 0 Å². The van der Waals surface area contributed by atoms with E-state index in [1.54, 1.807) is 0 Å². The molecule has 0 bridgehead atoms. The van der Waals surface area contributed by atoms with Crippen LogP contribution >= 0.6 is 0 Å². The molecule has 0 aliphatic heterocycles. The normalized spacial score (nSPS) is 11.4. The molecule has 4 rings (SSSR count). The van der Waals surface area contributed by atoms with E-state index in [0.717, 1.165) is 56.1 Å². The van der Waals surface area contributed by atoms with Gasteiger partial charge in [0.05, 0.1) is 34.8 Å². The Hall–Kier alpha value is -2.92. The lowest BCUT2D eigenvalue weighted by Crippen LogP contribution is -1.95. The molecule has 0 aliphatic rings. The lowest BCUT2D eigenvalue weighted by Gasteiger charge is -2.09. The molecular weight excluding hydrogens is 326 g/mol. The molecule has 5 nitrogen and oxygen atoms in total. The second-order valence-corrected chi connectivity index (χ2v) is 6.69. The van der Waals surface area contributed by atoms with Crippen LogP contribution in [0.1, 0.15) is 22.7 Å². The highest BCUT2D eigenvalue weighted by atomic mass is 16.5. The topological polar surface area (TPSA) is 64.1 Å². The van der Waals surface area contributed by atoms with Gasteiger partial charge in [0, 0.05) is 23.7 Å². The van der Waals surface area contributed by atoms with Crippen molar-refractivity contribution in [2.75, 3.05) is 0 Å². The summed E-state index contributed by atoms with van der Waals surface area (Å²) in [7, 11) is 2.06. The quantitative estimate of drug-likeness (QED) is 0.600. The molecule has 4 aromatic rings. The van der Waals surface area contributed by atoms with Crippen LogP contribution in [0.25, 0.3) is 33.4 Å². The van der Waals surface area contributed by atoms with E-state index in [-0.39, 0.29) is 6.61 Å². The summed E-state index contributed by atoms with van der Waals surface area (Å²) >= 11 is 0. The number of rotatable bonds is 3.